The molecule has 1 unspecified atom stereocenters. The van der Waals surface area contributed by atoms with E-state index in [1.165, 1.54) is 32.1 Å². The summed E-state index contributed by atoms with van der Waals surface area (Å²) in [5, 5.41) is 6.53. The number of likely N-dealkylation sites (N-methyl/N-ethyl adjacent to an activating group) is 1. The van der Waals surface area contributed by atoms with Crippen LogP contribution in [0.1, 0.15) is 39.0 Å². The predicted octanol–water partition coefficient (Wildman–Crippen LogP) is 1.33. The highest BCUT2D eigenvalue weighted by Crippen LogP contribution is 2.25. The minimum atomic E-state index is 0.0705. The average molecular weight is 212 g/mol. The van der Waals surface area contributed by atoms with Crippen molar-refractivity contribution in [3.8, 4) is 0 Å². The molecule has 88 valence electrons. The molecule has 0 radical (unpaired) electrons. The highest BCUT2D eigenvalue weighted by Gasteiger charge is 2.22. The standard InChI is InChI=1S/C12H24N2O/c1-10(13-2)8-14-12(9-15)11-6-4-3-5-7-11/h9-14H,3-8H2,1-2H3/t10-,12?/m0/s1. The van der Waals surface area contributed by atoms with Gasteiger partial charge in [0, 0.05) is 12.6 Å². The van der Waals surface area contributed by atoms with Crippen LogP contribution in [0.2, 0.25) is 0 Å². The Hall–Kier alpha value is -0.410. The lowest BCUT2D eigenvalue weighted by atomic mass is 9.84. The van der Waals surface area contributed by atoms with Gasteiger partial charge in [-0.1, -0.05) is 19.3 Å². The summed E-state index contributed by atoms with van der Waals surface area (Å²) in [5.74, 6) is 0.570. The molecule has 0 spiro atoms. The molecule has 1 saturated carbocycles. The Bertz CT molecular complexity index is 178. The van der Waals surface area contributed by atoms with Gasteiger partial charge in [0.25, 0.3) is 0 Å². The molecule has 2 atom stereocenters. The minimum absolute atomic E-state index is 0.0705. The minimum Gasteiger partial charge on any atom is -0.316 e. The molecule has 1 fully saturated rings. The van der Waals surface area contributed by atoms with E-state index in [4.69, 9.17) is 0 Å². The van der Waals surface area contributed by atoms with Gasteiger partial charge in [0.05, 0.1) is 6.04 Å². The lowest BCUT2D eigenvalue weighted by Gasteiger charge is -2.28. The number of rotatable bonds is 6. The van der Waals surface area contributed by atoms with Crippen LogP contribution in [0.25, 0.3) is 0 Å². The predicted molar refractivity (Wildman–Crippen MR) is 63.0 cm³/mol. The highest BCUT2D eigenvalue weighted by atomic mass is 16.1. The Kier molecular flexibility index (Phi) is 5.88. The van der Waals surface area contributed by atoms with Gasteiger partial charge in [0.15, 0.2) is 0 Å². The molecule has 3 nitrogen and oxygen atoms in total. The number of nitrogens with one attached hydrogen (secondary N) is 2. The molecule has 1 rings (SSSR count). The van der Waals surface area contributed by atoms with Crippen molar-refractivity contribution >= 4 is 6.29 Å². The summed E-state index contributed by atoms with van der Waals surface area (Å²) in [5.41, 5.74) is 0. The van der Waals surface area contributed by atoms with E-state index in [0.29, 0.717) is 12.0 Å². The normalized spacial score (nSPS) is 22.3. The molecule has 0 saturated heterocycles. The summed E-state index contributed by atoms with van der Waals surface area (Å²) >= 11 is 0. The van der Waals surface area contributed by atoms with E-state index in [2.05, 4.69) is 17.6 Å². The molecule has 0 aliphatic heterocycles. The highest BCUT2D eigenvalue weighted by molar-refractivity contribution is 5.58. The van der Waals surface area contributed by atoms with Crippen molar-refractivity contribution < 1.29 is 4.79 Å². The van der Waals surface area contributed by atoms with Crippen LogP contribution in [0.4, 0.5) is 0 Å². The molecule has 1 aliphatic rings. The van der Waals surface area contributed by atoms with Gasteiger partial charge in [-0.25, -0.2) is 0 Å². The van der Waals surface area contributed by atoms with Crippen LogP contribution >= 0.6 is 0 Å². The second kappa shape index (κ2) is 6.96. The number of aldehydes is 1. The first-order chi connectivity index (χ1) is 7.27. The van der Waals surface area contributed by atoms with Crippen molar-refractivity contribution in [2.45, 2.75) is 51.1 Å². The number of hydrogen-bond acceptors (Lipinski definition) is 3. The molecule has 3 heteroatoms. The van der Waals surface area contributed by atoms with Gasteiger partial charge in [0.1, 0.15) is 6.29 Å². The summed E-state index contributed by atoms with van der Waals surface area (Å²) < 4.78 is 0. The maximum absolute atomic E-state index is 11.0. The maximum atomic E-state index is 11.0. The summed E-state index contributed by atoms with van der Waals surface area (Å²) in [6, 6.07) is 0.497. The van der Waals surface area contributed by atoms with E-state index in [1.54, 1.807) is 0 Å². The van der Waals surface area contributed by atoms with E-state index >= 15 is 0 Å². The van der Waals surface area contributed by atoms with Gasteiger partial charge in [-0.05, 0) is 32.7 Å². The van der Waals surface area contributed by atoms with Crippen molar-refractivity contribution in [3.63, 3.8) is 0 Å². The molecule has 0 aromatic carbocycles. The molecule has 2 N–H and O–H groups in total. The van der Waals surface area contributed by atoms with Crippen LogP contribution < -0.4 is 10.6 Å². The Morgan fingerprint density at radius 1 is 1.33 bits per heavy atom. The van der Waals surface area contributed by atoms with Crippen LogP contribution in [-0.2, 0) is 4.79 Å². The van der Waals surface area contributed by atoms with E-state index in [0.717, 1.165) is 12.8 Å². The van der Waals surface area contributed by atoms with Crippen LogP contribution in [0.15, 0.2) is 0 Å². The zero-order valence-corrected chi connectivity index (χ0v) is 9.96. The number of carbonyl (C=O) groups excluding carboxylic acids is 1. The van der Waals surface area contributed by atoms with Crippen LogP contribution in [0, 0.1) is 5.92 Å². The zero-order chi connectivity index (χ0) is 11.1. The Labute approximate surface area is 93.0 Å². The van der Waals surface area contributed by atoms with Gasteiger partial charge >= 0.3 is 0 Å². The fraction of sp³-hybridized carbons (Fsp3) is 0.917. The first-order valence-electron chi connectivity index (χ1n) is 6.14. The van der Waals surface area contributed by atoms with Gasteiger partial charge in [-0.15, -0.1) is 0 Å². The third-order valence-corrected chi connectivity index (χ3v) is 3.46. The van der Waals surface area contributed by atoms with Gasteiger partial charge in [0.2, 0.25) is 0 Å². The third kappa shape index (κ3) is 4.31. The van der Waals surface area contributed by atoms with Gasteiger partial charge < -0.3 is 15.4 Å². The van der Waals surface area contributed by atoms with E-state index in [-0.39, 0.29) is 6.04 Å². The van der Waals surface area contributed by atoms with Gasteiger partial charge in [-0.2, -0.15) is 0 Å². The van der Waals surface area contributed by atoms with Crippen molar-refractivity contribution in [1.29, 1.82) is 0 Å². The van der Waals surface area contributed by atoms with Gasteiger partial charge in [-0.3, -0.25) is 0 Å². The second-order valence-corrected chi connectivity index (χ2v) is 4.66. The van der Waals surface area contributed by atoms with Crippen LogP contribution in [0.5, 0.6) is 0 Å². The molecular formula is C12H24N2O. The fourth-order valence-corrected chi connectivity index (χ4v) is 2.23. The lowest BCUT2D eigenvalue weighted by Crippen LogP contribution is -2.44. The van der Waals surface area contributed by atoms with Crippen molar-refractivity contribution in [2.75, 3.05) is 13.6 Å². The monoisotopic (exact) mass is 212 g/mol. The molecule has 0 aromatic rings. The second-order valence-electron chi connectivity index (χ2n) is 4.66. The number of hydrogen-bond donors (Lipinski definition) is 2. The first kappa shape index (κ1) is 12.7. The zero-order valence-electron chi connectivity index (χ0n) is 9.96. The Balaban J connectivity index is 2.30. The molecule has 0 amide bonds. The number of carbonyl (C=O) groups is 1. The Morgan fingerprint density at radius 3 is 2.53 bits per heavy atom. The molecule has 1 aliphatic carbocycles. The van der Waals surface area contributed by atoms with Crippen LogP contribution in [-0.4, -0.2) is 32.0 Å². The third-order valence-electron chi connectivity index (χ3n) is 3.46. The molecular weight excluding hydrogens is 188 g/mol. The molecule has 0 aromatic heterocycles. The largest absolute Gasteiger partial charge is 0.316 e. The summed E-state index contributed by atoms with van der Waals surface area (Å²) in [6.45, 7) is 2.99. The quantitative estimate of drug-likeness (QED) is 0.653. The first-order valence-corrected chi connectivity index (χ1v) is 6.14. The summed E-state index contributed by atoms with van der Waals surface area (Å²) in [4.78, 5) is 11.0. The smallest absolute Gasteiger partial charge is 0.137 e. The summed E-state index contributed by atoms with van der Waals surface area (Å²) in [7, 11) is 1.95. The molecule has 15 heavy (non-hydrogen) atoms. The SMILES string of the molecule is CN[C@@H](C)CNC(C=O)C1CCCCC1. The van der Waals surface area contributed by atoms with Crippen molar-refractivity contribution in [2.24, 2.45) is 5.92 Å². The molecule has 0 heterocycles. The van der Waals surface area contributed by atoms with E-state index in [9.17, 15) is 4.79 Å². The lowest BCUT2D eigenvalue weighted by molar-refractivity contribution is -0.111. The molecule has 0 bridgehead atoms. The fourth-order valence-electron chi connectivity index (χ4n) is 2.23. The van der Waals surface area contributed by atoms with Crippen LogP contribution in [0.3, 0.4) is 0 Å². The average Bonchev–Trinajstić information content (AvgIpc) is 2.31. The topological polar surface area (TPSA) is 41.1 Å². The van der Waals surface area contributed by atoms with E-state index < -0.39 is 0 Å². The maximum Gasteiger partial charge on any atom is 0.137 e. The van der Waals surface area contributed by atoms with Crippen molar-refractivity contribution in [3.05, 3.63) is 0 Å². The summed E-state index contributed by atoms with van der Waals surface area (Å²) in [6.07, 6.45) is 7.44. The van der Waals surface area contributed by atoms with Crippen molar-refractivity contribution in [1.82, 2.24) is 10.6 Å². The Morgan fingerprint density at radius 2 is 2.00 bits per heavy atom. The van der Waals surface area contributed by atoms with E-state index in [1.807, 2.05) is 7.05 Å².